The summed E-state index contributed by atoms with van der Waals surface area (Å²) >= 11 is 0. The molecule has 24 heavy (non-hydrogen) atoms. The molecule has 3 heteroatoms. The van der Waals surface area contributed by atoms with Crippen molar-refractivity contribution >= 4 is 0 Å². The van der Waals surface area contributed by atoms with E-state index in [1.807, 2.05) is 18.3 Å². The molecule has 0 radical (unpaired) electrons. The van der Waals surface area contributed by atoms with Crippen LogP contribution in [0.5, 0.6) is 0 Å². The van der Waals surface area contributed by atoms with E-state index in [-0.39, 0.29) is 6.04 Å². The fraction of sp³-hybridized carbons (Fsp3) is 0.286. The lowest BCUT2D eigenvalue weighted by Crippen LogP contribution is -2.23. The number of hydrogen-bond acceptors (Lipinski definition) is 2. The fourth-order valence-corrected chi connectivity index (χ4v) is 2.88. The van der Waals surface area contributed by atoms with Crippen molar-refractivity contribution in [2.75, 3.05) is 0 Å². The molecule has 1 atom stereocenters. The summed E-state index contributed by atoms with van der Waals surface area (Å²) in [6, 6.07) is 21.1. The minimum atomic E-state index is 0.225. The Kier molecular flexibility index (Phi) is 5.44. The Labute approximate surface area is 144 Å². The zero-order chi connectivity index (χ0) is 16.8. The van der Waals surface area contributed by atoms with Crippen LogP contribution in [0.15, 0.2) is 66.9 Å². The molecule has 0 fully saturated rings. The van der Waals surface area contributed by atoms with Gasteiger partial charge in [-0.1, -0.05) is 74.5 Å². The van der Waals surface area contributed by atoms with Crippen molar-refractivity contribution in [3.63, 3.8) is 0 Å². The van der Waals surface area contributed by atoms with Crippen LogP contribution in [0.2, 0.25) is 0 Å². The van der Waals surface area contributed by atoms with Gasteiger partial charge >= 0.3 is 0 Å². The number of H-pyrrole nitrogens is 1. The van der Waals surface area contributed by atoms with Crippen molar-refractivity contribution in [1.82, 2.24) is 15.3 Å². The molecule has 0 aliphatic heterocycles. The summed E-state index contributed by atoms with van der Waals surface area (Å²) in [6.07, 6.45) is 2.98. The highest BCUT2D eigenvalue weighted by atomic mass is 15.0. The molecule has 0 aliphatic carbocycles. The molecule has 1 unspecified atom stereocenters. The Bertz CT molecular complexity index is 732. The summed E-state index contributed by atoms with van der Waals surface area (Å²) in [6.45, 7) is 5.34. The van der Waals surface area contributed by atoms with E-state index in [4.69, 9.17) is 0 Å². The molecule has 0 spiro atoms. The molecule has 2 N–H and O–H groups in total. The zero-order valence-corrected chi connectivity index (χ0v) is 14.4. The second-order valence-electron chi connectivity index (χ2n) is 6.60. The zero-order valence-electron chi connectivity index (χ0n) is 14.4. The largest absolute Gasteiger partial charge is 0.341 e. The second-order valence-corrected chi connectivity index (χ2v) is 6.60. The molecule has 1 aromatic heterocycles. The van der Waals surface area contributed by atoms with Gasteiger partial charge in [0.2, 0.25) is 0 Å². The molecule has 1 heterocycles. The Balaban J connectivity index is 1.75. The van der Waals surface area contributed by atoms with Crippen molar-refractivity contribution in [1.29, 1.82) is 0 Å². The smallest absolute Gasteiger partial charge is 0.123 e. The Morgan fingerprint density at radius 1 is 0.958 bits per heavy atom. The first-order valence-corrected chi connectivity index (χ1v) is 8.60. The van der Waals surface area contributed by atoms with Crippen LogP contribution in [0, 0.1) is 5.92 Å². The summed E-state index contributed by atoms with van der Waals surface area (Å²) in [5, 5.41) is 3.65. The Morgan fingerprint density at radius 3 is 2.29 bits per heavy atom. The maximum Gasteiger partial charge on any atom is 0.123 e. The molecular formula is C21H25N3. The Hall–Kier alpha value is -2.39. The van der Waals surface area contributed by atoms with Crippen LogP contribution >= 0.6 is 0 Å². The molecule has 0 saturated heterocycles. The van der Waals surface area contributed by atoms with Crippen LogP contribution in [-0.4, -0.2) is 9.97 Å². The van der Waals surface area contributed by atoms with Crippen LogP contribution in [0.25, 0.3) is 11.3 Å². The summed E-state index contributed by atoms with van der Waals surface area (Å²) < 4.78 is 0. The summed E-state index contributed by atoms with van der Waals surface area (Å²) in [4.78, 5) is 8.14. The Morgan fingerprint density at radius 2 is 1.62 bits per heavy atom. The van der Waals surface area contributed by atoms with E-state index in [1.54, 1.807) is 0 Å². The second kappa shape index (κ2) is 7.93. The predicted octanol–water partition coefficient (Wildman–Crippen LogP) is 4.95. The third-order valence-electron chi connectivity index (χ3n) is 4.11. The SMILES string of the molecule is CC(C)CC(NCc1ccccc1)c1ncc(-c2ccccc2)[nH]1. The summed E-state index contributed by atoms with van der Waals surface area (Å²) in [5.74, 6) is 1.61. The van der Waals surface area contributed by atoms with E-state index in [0.717, 1.165) is 24.5 Å². The molecule has 0 bridgehead atoms. The van der Waals surface area contributed by atoms with E-state index >= 15 is 0 Å². The molecule has 3 rings (SSSR count). The normalized spacial score (nSPS) is 12.5. The minimum absolute atomic E-state index is 0.225. The minimum Gasteiger partial charge on any atom is -0.341 e. The van der Waals surface area contributed by atoms with Gasteiger partial charge in [0.1, 0.15) is 5.82 Å². The number of nitrogens with zero attached hydrogens (tertiary/aromatic N) is 1. The van der Waals surface area contributed by atoms with Gasteiger partial charge in [-0.2, -0.15) is 0 Å². The fourth-order valence-electron chi connectivity index (χ4n) is 2.88. The molecule has 3 nitrogen and oxygen atoms in total. The van der Waals surface area contributed by atoms with Crippen LogP contribution in [0.3, 0.4) is 0 Å². The molecule has 0 saturated carbocycles. The highest BCUT2D eigenvalue weighted by molar-refractivity contribution is 5.58. The lowest BCUT2D eigenvalue weighted by atomic mass is 10.0. The number of rotatable bonds is 7. The monoisotopic (exact) mass is 319 g/mol. The maximum atomic E-state index is 4.64. The lowest BCUT2D eigenvalue weighted by molar-refractivity contribution is 0.415. The van der Waals surface area contributed by atoms with Gasteiger partial charge < -0.3 is 10.3 Å². The highest BCUT2D eigenvalue weighted by Gasteiger charge is 2.16. The van der Waals surface area contributed by atoms with Gasteiger partial charge in [0.25, 0.3) is 0 Å². The number of aromatic amines is 1. The first-order chi connectivity index (χ1) is 11.7. The molecule has 124 valence electrons. The van der Waals surface area contributed by atoms with Crippen LogP contribution in [-0.2, 0) is 6.54 Å². The van der Waals surface area contributed by atoms with Gasteiger partial charge in [-0.25, -0.2) is 4.98 Å². The molecule has 0 amide bonds. The van der Waals surface area contributed by atoms with Gasteiger partial charge in [0.15, 0.2) is 0 Å². The van der Waals surface area contributed by atoms with E-state index in [2.05, 4.69) is 77.7 Å². The van der Waals surface area contributed by atoms with Crippen LogP contribution in [0.4, 0.5) is 0 Å². The van der Waals surface area contributed by atoms with Gasteiger partial charge in [0.05, 0.1) is 17.9 Å². The highest BCUT2D eigenvalue weighted by Crippen LogP contribution is 2.23. The maximum absolute atomic E-state index is 4.64. The van der Waals surface area contributed by atoms with Crippen molar-refractivity contribution in [3.8, 4) is 11.3 Å². The number of nitrogens with one attached hydrogen (secondary N) is 2. The first kappa shape index (κ1) is 16.5. The average Bonchev–Trinajstić information content (AvgIpc) is 3.10. The number of aromatic nitrogens is 2. The van der Waals surface area contributed by atoms with Gasteiger partial charge in [0, 0.05) is 6.54 Å². The van der Waals surface area contributed by atoms with E-state index < -0.39 is 0 Å². The van der Waals surface area contributed by atoms with Crippen molar-refractivity contribution in [3.05, 3.63) is 78.2 Å². The van der Waals surface area contributed by atoms with Crippen LogP contribution in [0.1, 0.15) is 37.7 Å². The summed E-state index contributed by atoms with van der Waals surface area (Å²) in [7, 11) is 0. The van der Waals surface area contributed by atoms with Crippen molar-refractivity contribution in [2.24, 2.45) is 5.92 Å². The molecule has 2 aromatic carbocycles. The standard InChI is InChI=1S/C21H25N3/c1-16(2)13-19(22-14-17-9-5-3-6-10-17)21-23-15-20(24-21)18-11-7-4-8-12-18/h3-12,15-16,19,22H,13-14H2,1-2H3,(H,23,24). The van der Waals surface area contributed by atoms with E-state index in [9.17, 15) is 0 Å². The number of hydrogen-bond donors (Lipinski definition) is 2. The predicted molar refractivity (Wildman–Crippen MR) is 99.5 cm³/mol. The topological polar surface area (TPSA) is 40.7 Å². The molecule has 3 aromatic rings. The molecular weight excluding hydrogens is 294 g/mol. The average molecular weight is 319 g/mol. The quantitative estimate of drug-likeness (QED) is 0.646. The van der Waals surface area contributed by atoms with Gasteiger partial charge in [-0.15, -0.1) is 0 Å². The van der Waals surface area contributed by atoms with Gasteiger partial charge in [-0.05, 0) is 23.5 Å². The van der Waals surface area contributed by atoms with E-state index in [0.29, 0.717) is 5.92 Å². The molecule has 0 aliphatic rings. The van der Waals surface area contributed by atoms with Crippen molar-refractivity contribution < 1.29 is 0 Å². The third kappa shape index (κ3) is 4.33. The number of imidazole rings is 1. The third-order valence-corrected chi connectivity index (χ3v) is 4.11. The van der Waals surface area contributed by atoms with Crippen molar-refractivity contribution in [2.45, 2.75) is 32.9 Å². The first-order valence-electron chi connectivity index (χ1n) is 8.60. The van der Waals surface area contributed by atoms with E-state index in [1.165, 1.54) is 11.1 Å². The number of benzene rings is 2. The summed E-state index contributed by atoms with van der Waals surface area (Å²) in [5.41, 5.74) is 3.53. The lowest BCUT2D eigenvalue weighted by Gasteiger charge is -2.19. The van der Waals surface area contributed by atoms with Crippen LogP contribution < -0.4 is 5.32 Å². The van der Waals surface area contributed by atoms with Gasteiger partial charge in [-0.3, -0.25) is 0 Å².